The van der Waals surface area contributed by atoms with Crippen LogP contribution in [-0.4, -0.2) is 55.1 Å². The molecule has 94 valence electrons. The average Bonchev–Trinajstić information content (AvgIpc) is 2.29. The van der Waals surface area contributed by atoms with Crippen LogP contribution >= 0.6 is 0 Å². The molecule has 2 rings (SSSR count). The highest BCUT2D eigenvalue weighted by atomic mass is 15.2. The number of nitrogens with zero attached hydrogens (tertiary/aromatic N) is 2. The highest BCUT2D eigenvalue weighted by molar-refractivity contribution is 4.89. The molecule has 3 atom stereocenters. The van der Waals surface area contributed by atoms with Gasteiger partial charge in [0, 0.05) is 25.2 Å². The maximum atomic E-state index is 6.05. The predicted octanol–water partition coefficient (Wildman–Crippen LogP) is 1.14. The van der Waals surface area contributed by atoms with Crippen LogP contribution in [0, 0.1) is 5.92 Å². The highest BCUT2D eigenvalue weighted by Gasteiger charge is 2.34. The molecule has 2 N–H and O–H groups in total. The van der Waals surface area contributed by atoms with Crippen LogP contribution in [0.4, 0.5) is 0 Å². The van der Waals surface area contributed by atoms with Gasteiger partial charge in [0.25, 0.3) is 0 Å². The molecule has 0 spiro atoms. The van der Waals surface area contributed by atoms with Gasteiger partial charge in [0.15, 0.2) is 0 Å². The first-order chi connectivity index (χ1) is 7.70. The van der Waals surface area contributed by atoms with Gasteiger partial charge in [-0.1, -0.05) is 6.92 Å². The maximum Gasteiger partial charge on any atom is 0.0165 e. The lowest BCUT2D eigenvalue weighted by Gasteiger charge is -2.46. The molecule has 2 saturated heterocycles. The Morgan fingerprint density at radius 2 is 2.12 bits per heavy atom. The first kappa shape index (κ1) is 12.3. The Morgan fingerprint density at radius 3 is 2.88 bits per heavy atom. The minimum Gasteiger partial charge on any atom is -0.327 e. The minimum atomic E-state index is 0.373. The molecule has 16 heavy (non-hydrogen) atoms. The van der Waals surface area contributed by atoms with Crippen LogP contribution in [0.15, 0.2) is 0 Å². The Kier molecular flexibility index (Phi) is 4.22. The van der Waals surface area contributed by atoms with E-state index in [4.69, 9.17) is 5.73 Å². The largest absolute Gasteiger partial charge is 0.327 e. The number of rotatable bonds is 3. The molecule has 0 aromatic carbocycles. The number of hydrogen-bond acceptors (Lipinski definition) is 3. The molecule has 0 aliphatic carbocycles. The maximum absolute atomic E-state index is 6.05. The van der Waals surface area contributed by atoms with E-state index in [2.05, 4.69) is 23.8 Å². The van der Waals surface area contributed by atoms with Crippen LogP contribution < -0.4 is 5.73 Å². The normalized spacial score (nSPS) is 34.7. The van der Waals surface area contributed by atoms with E-state index in [1.165, 1.54) is 38.9 Å². The molecule has 0 bridgehead atoms. The summed E-state index contributed by atoms with van der Waals surface area (Å²) in [7, 11) is 2.30. The van der Waals surface area contributed by atoms with Gasteiger partial charge in [0.05, 0.1) is 0 Å². The molecular weight excluding hydrogens is 198 g/mol. The summed E-state index contributed by atoms with van der Waals surface area (Å²) in [5, 5.41) is 0. The number of piperidine rings is 2. The zero-order chi connectivity index (χ0) is 11.5. The van der Waals surface area contributed by atoms with Gasteiger partial charge in [0.2, 0.25) is 0 Å². The Morgan fingerprint density at radius 1 is 1.31 bits per heavy atom. The van der Waals surface area contributed by atoms with Crippen molar-refractivity contribution in [1.82, 2.24) is 9.80 Å². The van der Waals surface area contributed by atoms with Gasteiger partial charge in [-0.05, 0) is 51.7 Å². The summed E-state index contributed by atoms with van der Waals surface area (Å²) < 4.78 is 0. The van der Waals surface area contributed by atoms with Gasteiger partial charge in [-0.25, -0.2) is 0 Å². The molecule has 2 aliphatic heterocycles. The second kappa shape index (κ2) is 5.48. The Balaban J connectivity index is 1.85. The highest BCUT2D eigenvalue weighted by Crippen LogP contribution is 2.29. The second-order valence-electron chi connectivity index (χ2n) is 5.67. The zero-order valence-corrected chi connectivity index (χ0v) is 10.9. The topological polar surface area (TPSA) is 32.5 Å². The molecule has 3 heteroatoms. The zero-order valence-electron chi connectivity index (χ0n) is 10.9. The smallest absolute Gasteiger partial charge is 0.0165 e. The summed E-state index contributed by atoms with van der Waals surface area (Å²) in [5.41, 5.74) is 6.05. The molecule has 0 aromatic rings. The summed E-state index contributed by atoms with van der Waals surface area (Å²) in [6, 6.07) is 1.22. The average molecular weight is 225 g/mol. The van der Waals surface area contributed by atoms with Crippen molar-refractivity contribution in [2.45, 2.75) is 44.7 Å². The van der Waals surface area contributed by atoms with Gasteiger partial charge in [0.1, 0.15) is 0 Å². The first-order valence-corrected chi connectivity index (χ1v) is 6.89. The second-order valence-corrected chi connectivity index (χ2v) is 5.67. The Labute approximate surface area is 100.0 Å². The lowest BCUT2D eigenvalue weighted by Crippen LogP contribution is -2.54. The van der Waals surface area contributed by atoms with Crippen molar-refractivity contribution in [3.63, 3.8) is 0 Å². The van der Waals surface area contributed by atoms with Crippen LogP contribution in [-0.2, 0) is 0 Å². The van der Waals surface area contributed by atoms with Gasteiger partial charge in [-0.2, -0.15) is 0 Å². The van der Waals surface area contributed by atoms with E-state index in [1.54, 1.807) is 0 Å². The van der Waals surface area contributed by atoms with Crippen molar-refractivity contribution in [2.75, 3.05) is 33.2 Å². The Bertz CT molecular complexity index is 219. The number of likely N-dealkylation sites (tertiary alicyclic amines) is 2. The fourth-order valence-electron chi connectivity index (χ4n) is 3.35. The van der Waals surface area contributed by atoms with Crippen LogP contribution in [0.25, 0.3) is 0 Å². The van der Waals surface area contributed by atoms with Crippen molar-refractivity contribution in [3.8, 4) is 0 Å². The van der Waals surface area contributed by atoms with Crippen molar-refractivity contribution in [2.24, 2.45) is 11.7 Å². The van der Waals surface area contributed by atoms with Crippen LogP contribution in [0.1, 0.15) is 32.6 Å². The third-order valence-corrected chi connectivity index (χ3v) is 4.45. The Hall–Kier alpha value is -0.120. The fraction of sp³-hybridized carbons (Fsp3) is 1.00. The van der Waals surface area contributed by atoms with Gasteiger partial charge in [-0.15, -0.1) is 0 Å². The van der Waals surface area contributed by atoms with E-state index in [1.807, 2.05) is 0 Å². The standard InChI is InChI=1S/C13H27N3/c1-3-12(14)10-16-8-6-13-11(9-16)5-4-7-15(13)2/h11-13H,3-10,14H2,1-2H3. The van der Waals surface area contributed by atoms with E-state index in [0.717, 1.165) is 24.9 Å². The summed E-state index contributed by atoms with van der Waals surface area (Å²) in [4.78, 5) is 5.17. The lowest BCUT2D eigenvalue weighted by molar-refractivity contribution is 0.0363. The molecule has 0 aromatic heterocycles. The monoisotopic (exact) mass is 225 g/mol. The molecule has 2 heterocycles. The van der Waals surface area contributed by atoms with Crippen LogP contribution in [0.2, 0.25) is 0 Å². The quantitative estimate of drug-likeness (QED) is 0.782. The van der Waals surface area contributed by atoms with E-state index < -0.39 is 0 Å². The molecular formula is C13H27N3. The molecule has 3 nitrogen and oxygen atoms in total. The number of hydrogen-bond donors (Lipinski definition) is 1. The molecule has 3 unspecified atom stereocenters. The van der Waals surface area contributed by atoms with Gasteiger partial charge >= 0.3 is 0 Å². The molecule has 0 saturated carbocycles. The lowest BCUT2D eigenvalue weighted by atomic mass is 9.84. The van der Waals surface area contributed by atoms with E-state index in [9.17, 15) is 0 Å². The summed E-state index contributed by atoms with van der Waals surface area (Å²) in [6.07, 6.45) is 5.25. The van der Waals surface area contributed by atoms with E-state index in [0.29, 0.717) is 6.04 Å². The van der Waals surface area contributed by atoms with Crippen molar-refractivity contribution in [3.05, 3.63) is 0 Å². The third-order valence-electron chi connectivity index (χ3n) is 4.45. The van der Waals surface area contributed by atoms with Crippen molar-refractivity contribution in [1.29, 1.82) is 0 Å². The summed E-state index contributed by atoms with van der Waals surface area (Å²) in [6.45, 7) is 7.12. The predicted molar refractivity (Wildman–Crippen MR) is 68.5 cm³/mol. The van der Waals surface area contributed by atoms with E-state index >= 15 is 0 Å². The van der Waals surface area contributed by atoms with Crippen LogP contribution in [0.5, 0.6) is 0 Å². The summed E-state index contributed by atoms with van der Waals surface area (Å²) in [5.74, 6) is 0.900. The SMILES string of the molecule is CCC(N)CN1CCC2C(CCCN2C)C1. The van der Waals surface area contributed by atoms with Gasteiger partial charge < -0.3 is 15.5 Å². The minimum absolute atomic E-state index is 0.373. The molecule has 2 aliphatic rings. The molecule has 0 amide bonds. The van der Waals surface area contributed by atoms with Crippen molar-refractivity contribution < 1.29 is 0 Å². The number of fused-ring (bicyclic) bond motifs is 1. The third kappa shape index (κ3) is 2.76. The summed E-state index contributed by atoms with van der Waals surface area (Å²) >= 11 is 0. The number of nitrogens with two attached hydrogens (primary N) is 1. The van der Waals surface area contributed by atoms with Crippen molar-refractivity contribution >= 4 is 0 Å². The van der Waals surface area contributed by atoms with E-state index in [-0.39, 0.29) is 0 Å². The van der Waals surface area contributed by atoms with Gasteiger partial charge in [-0.3, -0.25) is 0 Å². The molecule has 2 fully saturated rings. The fourth-order valence-corrected chi connectivity index (χ4v) is 3.35. The van der Waals surface area contributed by atoms with Crippen LogP contribution in [0.3, 0.4) is 0 Å². The first-order valence-electron chi connectivity index (χ1n) is 6.89. The molecule has 0 radical (unpaired) electrons.